The number of rotatable bonds is 7. The Balaban J connectivity index is 1.69. The van der Waals surface area contributed by atoms with Gasteiger partial charge in [-0.1, -0.05) is 54.1 Å². The molecule has 0 saturated heterocycles. The lowest BCUT2D eigenvalue weighted by Gasteiger charge is -2.28. The topological polar surface area (TPSA) is 66.5 Å². The molecule has 1 unspecified atom stereocenters. The summed E-state index contributed by atoms with van der Waals surface area (Å²) in [6.45, 7) is 4.13. The Hall–Kier alpha value is -2.48. The van der Waals surface area contributed by atoms with E-state index in [-0.39, 0.29) is 11.9 Å². The van der Waals surface area contributed by atoms with Gasteiger partial charge in [-0.3, -0.25) is 4.79 Å². The van der Waals surface area contributed by atoms with Gasteiger partial charge in [0.25, 0.3) is 10.0 Å². The summed E-state index contributed by atoms with van der Waals surface area (Å²) < 4.78 is 29.6. The number of sulfonamides is 1. The molecule has 1 aromatic heterocycles. The Morgan fingerprint density at radius 1 is 1.10 bits per heavy atom. The molecule has 1 heterocycles. The molecule has 0 spiro atoms. The van der Waals surface area contributed by atoms with Crippen molar-refractivity contribution in [2.24, 2.45) is 0 Å². The Bertz CT molecular complexity index is 1180. The first-order valence-corrected chi connectivity index (χ1v) is 12.6. The number of hydrogen-bond donors (Lipinski definition) is 1. The number of carbonyl (C=O) groups is 1. The van der Waals surface area contributed by atoms with Crippen LogP contribution in [0.2, 0.25) is 0 Å². The van der Waals surface area contributed by atoms with Crippen molar-refractivity contribution in [2.75, 3.05) is 0 Å². The highest BCUT2D eigenvalue weighted by atomic mass is 32.2. The van der Waals surface area contributed by atoms with Crippen LogP contribution in [0.15, 0.2) is 64.9 Å². The second-order valence-electron chi connectivity index (χ2n) is 7.92. The number of nitrogens with zero attached hydrogens (tertiary/aromatic N) is 1. The molecule has 4 rings (SSSR count). The van der Waals surface area contributed by atoms with E-state index in [2.05, 4.69) is 11.4 Å². The molecular formula is C24H26N2O3S2. The van der Waals surface area contributed by atoms with E-state index < -0.39 is 10.0 Å². The molecule has 0 fully saturated rings. The third-order valence-corrected chi connectivity index (χ3v) is 9.03. The molecule has 1 aliphatic rings. The summed E-state index contributed by atoms with van der Waals surface area (Å²) in [6.07, 6.45) is 1.65. The quantitative estimate of drug-likeness (QED) is 0.569. The van der Waals surface area contributed by atoms with Gasteiger partial charge in [0, 0.05) is 18.3 Å². The van der Waals surface area contributed by atoms with E-state index in [4.69, 9.17) is 0 Å². The molecule has 162 valence electrons. The molecule has 1 N–H and O–H groups in total. The SMILES string of the molecule is CC(=O)NCc1ccc(S(=O)(=O)N(Cc2ccc(C)cc2)C2CCc3ccccc32)s1. The number of thiophene rings is 1. The highest BCUT2D eigenvalue weighted by Gasteiger charge is 2.37. The molecule has 0 saturated carbocycles. The van der Waals surface area contributed by atoms with Gasteiger partial charge in [0.2, 0.25) is 5.91 Å². The minimum atomic E-state index is -3.71. The van der Waals surface area contributed by atoms with Crippen LogP contribution in [0, 0.1) is 6.92 Å². The summed E-state index contributed by atoms with van der Waals surface area (Å²) in [5, 5.41) is 2.73. The summed E-state index contributed by atoms with van der Waals surface area (Å²) in [4.78, 5) is 12.0. The van der Waals surface area contributed by atoms with Crippen LogP contribution < -0.4 is 5.32 Å². The van der Waals surface area contributed by atoms with E-state index in [9.17, 15) is 13.2 Å². The van der Waals surface area contributed by atoms with Crippen LogP contribution in [0.25, 0.3) is 0 Å². The summed E-state index contributed by atoms with van der Waals surface area (Å²) in [6, 6.07) is 19.4. The van der Waals surface area contributed by atoms with Crippen molar-refractivity contribution in [3.63, 3.8) is 0 Å². The molecule has 7 heteroatoms. The standard InChI is InChI=1S/C24H26N2O3S2/c1-17-7-9-19(10-8-17)16-26(23-13-11-20-5-3-4-6-22(20)23)31(28,29)24-14-12-21(30-24)15-25-18(2)27/h3-10,12,14,23H,11,13,15-16H2,1-2H3,(H,25,27). The average molecular weight is 455 g/mol. The van der Waals surface area contributed by atoms with Gasteiger partial charge in [-0.05, 0) is 48.6 Å². The molecule has 31 heavy (non-hydrogen) atoms. The van der Waals surface area contributed by atoms with Gasteiger partial charge in [-0.25, -0.2) is 8.42 Å². The van der Waals surface area contributed by atoms with Gasteiger partial charge in [-0.15, -0.1) is 11.3 Å². The lowest BCUT2D eigenvalue weighted by atomic mass is 10.1. The van der Waals surface area contributed by atoms with Crippen molar-refractivity contribution in [1.82, 2.24) is 9.62 Å². The molecular weight excluding hydrogens is 428 g/mol. The van der Waals surface area contributed by atoms with Gasteiger partial charge >= 0.3 is 0 Å². The van der Waals surface area contributed by atoms with Crippen LogP contribution in [-0.2, 0) is 34.3 Å². The van der Waals surface area contributed by atoms with E-state index in [0.29, 0.717) is 17.3 Å². The molecule has 0 radical (unpaired) electrons. The number of benzene rings is 2. The van der Waals surface area contributed by atoms with Crippen molar-refractivity contribution in [1.29, 1.82) is 0 Å². The zero-order valence-corrected chi connectivity index (χ0v) is 19.3. The lowest BCUT2D eigenvalue weighted by molar-refractivity contribution is -0.119. The summed E-state index contributed by atoms with van der Waals surface area (Å²) in [5.41, 5.74) is 4.42. The lowest BCUT2D eigenvalue weighted by Crippen LogP contribution is -2.33. The van der Waals surface area contributed by atoms with Crippen molar-refractivity contribution < 1.29 is 13.2 Å². The number of hydrogen-bond acceptors (Lipinski definition) is 4. The predicted octanol–water partition coefficient (Wildman–Crippen LogP) is 4.57. The van der Waals surface area contributed by atoms with E-state index in [0.717, 1.165) is 34.4 Å². The van der Waals surface area contributed by atoms with E-state index in [1.54, 1.807) is 16.4 Å². The first kappa shape index (κ1) is 21.7. The third-order valence-electron chi connectivity index (χ3n) is 5.62. The van der Waals surface area contributed by atoms with Gasteiger partial charge in [0.05, 0.1) is 12.6 Å². The van der Waals surface area contributed by atoms with Gasteiger partial charge in [-0.2, -0.15) is 4.31 Å². The van der Waals surface area contributed by atoms with E-state index in [1.165, 1.54) is 23.8 Å². The average Bonchev–Trinajstić information content (AvgIpc) is 3.39. The van der Waals surface area contributed by atoms with Crippen molar-refractivity contribution in [3.8, 4) is 0 Å². The maximum atomic E-state index is 13.8. The third kappa shape index (κ3) is 4.74. The Morgan fingerprint density at radius 3 is 2.58 bits per heavy atom. The first-order chi connectivity index (χ1) is 14.8. The minimum Gasteiger partial charge on any atom is -0.351 e. The van der Waals surface area contributed by atoms with Crippen molar-refractivity contribution in [2.45, 2.75) is 50.0 Å². The van der Waals surface area contributed by atoms with Crippen LogP contribution in [0.4, 0.5) is 0 Å². The number of nitrogens with one attached hydrogen (secondary N) is 1. The monoisotopic (exact) mass is 454 g/mol. The van der Waals surface area contributed by atoms with Crippen LogP contribution in [0.5, 0.6) is 0 Å². The number of aryl methyl sites for hydroxylation is 2. The van der Waals surface area contributed by atoms with E-state index in [1.807, 2.05) is 49.4 Å². The van der Waals surface area contributed by atoms with E-state index >= 15 is 0 Å². The van der Waals surface area contributed by atoms with Crippen LogP contribution in [0.3, 0.4) is 0 Å². The number of carbonyl (C=O) groups excluding carboxylic acids is 1. The zero-order chi connectivity index (χ0) is 22.0. The molecule has 0 aliphatic heterocycles. The second kappa shape index (κ2) is 8.94. The Kier molecular flexibility index (Phi) is 6.27. The van der Waals surface area contributed by atoms with Gasteiger partial charge in [0.15, 0.2) is 0 Å². The van der Waals surface area contributed by atoms with Crippen molar-refractivity contribution >= 4 is 27.3 Å². The number of amides is 1. The highest BCUT2D eigenvalue weighted by Crippen LogP contribution is 2.40. The normalized spacial score (nSPS) is 15.8. The minimum absolute atomic E-state index is 0.138. The molecule has 3 aromatic rings. The summed E-state index contributed by atoms with van der Waals surface area (Å²) in [5.74, 6) is -0.138. The second-order valence-corrected chi connectivity index (χ2v) is 11.2. The van der Waals surface area contributed by atoms with Gasteiger partial charge < -0.3 is 5.32 Å². The molecule has 0 bridgehead atoms. The molecule has 2 aromatic carbocycles. The smallest absolute Gasteiger partial charge is 0.253 e. The fourth-order valence-corrected chi connectivity index (χ4v) is 7.04. The summed E-state index contributed by atoms with van der Waals surface area (Å²) in [7, 11) is -3.71. The van der Waals surface area contributed by atoms with Crippen LogP contribution in [0.1, 0.15) is 46.5 Å². The fraction of sp³-hybridized carbons (Fsp3) is 0.292. The maximum Gasteiger partial charge on any atom is 0.253 e. The predicted molar refractivity (Wildman–Crippen MR) is 123 cm³/mol. The Morgan fingerprint density at radius 2 is 1.84 bits per heavy atom. The first-order valence-electron chi connectivity index (χ1n) is 10.3. The fourth-order valence-electron chi connectivity index (χ4n) is 3.99. The molecule has 1 amide bonds. The van der Waals surface area contributed by atoms with Crippen LogP contribution in [-0.4, -0.2) is 18.6 Å². The Labute approximate surface area is 187 Å². The molecule has 1 aliphatic carbocycles. The zero-order valence-electron chi connectivity index (χ0n) is 17.7. The largest absolute Gasteiger partial charge is 0.351 e. The highest BCUT2D eigenvalue weighted by molar-refractivity contribution is 7.91. The maximum absolute atomic E-state index is 13.8. The van der Waals surface area contributed by atoms with Crippen molar-refractivity contribution in [3.05, 3.63) is 87.8 Å². The molecule has 5 nitrogen and oxygen atoms in total. The number of fused-ring (bicyclic) bond motifs is 1. The van der Waals surface area contributed by atoms with Crippen LogP contribution >= 0.6 is 11.3 Å². The van der Waals surface area contributed by atoms with Gasteiger partial charge in [0.1, 0.15) is 4.21 Å². The summed E-state index contributed by atoms with van der Waals surface area (Å²) >= 11 is 1.22. The molecule has 1 atom stereocenters.